The van der Waals surface area contributed by atoms with E-state index in [9.17, 15) is 0 Å². The minimum absolute atomic E-state index is 0.477. The summed E-state index contributed by atoms with van der Waals surface area (Å²) in [7, 11) is 1.87. The van der Waals surface area contributed by atoms with Crippen molar-refractivity contribution in [1.82, 2.24) is 9.78 Å². The quantitative estimate of drug-likeness (QED) is 0.809. The molecule has 1 heterocycles. The molecule has 0 fully saturated rings. The molecule has 2 aromatic rings. The van der Waals surface area contributed by atoms with Gasteiger partial charge in [0.1, 0.15) is 0 Å². The van der Waals surface area contributed by atoms with Gasteiger partial charge >= 0.3 is 0 Å². The van der Waals surface area contributed by atoms with Gasteiger partial charge in [-0.2, -0.15) is 5.10 Å². The Morgan fingerprint density at radius 2 is 2.33 bits per heavy atom. The van der Waals surface area contributed by atoms with Gasteiger partial charge in [0.05, 0.1) is 12.1 Å². The van der Waals surface area contributed by atoms with Gasteiger partial charge < -0.3 is 4.84 Å². The van der Waals surface area contributed by atoms with E-state index < -0.39 is 0 Å². The normalized spacial score (nSPS) is 11.1. The van der Waals surface area contributed by atoms with E-state index in [0.29, 0.717) is 11.8 Å². The summed E-state index contributed by atoms with van der Waals surface area (Å²) in [6.45, 7) is 0.477. The van der Waals surface area contributed by atoms with Gasteiger partial charge in [-0.05, 0) is 18.1 Å². The van der Waals surface area contributed by atoms with Crippen molar-refractivity contribution in [2.45, 2.75) is 6.42 Å². The van der Waals surface area contributed by atoms with Crippen LogP contribution in [0.3, 0.4) is 0 Å². The summed E-state index contributed by atoms with van der Waals surface area (Å²) in [6.07, 6.45) is 0.735. The number of rotatable bonds is 3. The van der Waals surface area contributed by atoms with Crippen LogP contribution in [0.25, 0.3) is 10.9 Å². The molecule has 80 valence electrons. The van der Waals surface area contributed by atoms with Gasteiger partial charge in [0, 0.05) is 12.4 Å². The molecule has 0 radical (unpaired) electrons. The molecule has 5 heteroatoms. The van der Waals surface area contributed by atoms with E-state index in [4.69, 9.17) is 17.5 Å². The van der Waals surface area contributed by atoms with Crippen molar-refractivity contribution < 1.29 is 4.84 Å². The molecule has 4 nitrogen and oxygen atoms in total. The Morgan fingerprint density at radius 1 is 1.53 bits per heavy atom. The highest BCUT2D eigenvalue weighted by atomic mass is 35.5. The number of hydrogen-bond acceptors (Lipinski definition) is 3. The van der Waals surface area contributed by atoms with Crippen LogP contribution in [0.5, 0.6) is 0 Å². The van der Waals surface area contributed by atoms with Gasteiger partial charge in [0.15, 0.2) is 5.15 Å². The molecular weight excluding hydrogens is 214 g/mol. The lowest BCUT2D eigenvalue weighted by atomic mass is 10.1. The number of benzene rings is 1. The average molecular weight is 226 g/mol. The molecule has 0 aliphatic carbocycles. The third-order valence-electron chi connectivity index (χ3n) is 2.41. The molecule has 0 aliphatic rings. The summed E-state index contributed by atoms with van der Waals surface area (Å²) in [6, 6.07) is 5.97. The first-order valence-electron chi connectivity index (χ1n) is 4.66. The molecule has 0 saturated heterocycles. The topological polar surface area (TPSA) is 53.1 Å². The molecule has 15 heavy (non-hydrogen) atoms. The van der Waals surface area contributed by atoms with Crippen LogP contribution in [0.15, 0.2) is 18.2 Å². The molecule has 1 aromatic heterocycles. The summed E-state index contributed by atoms with van der Waals surface area (Å²) in [4.78, 5) is 4.57. The van der Waals surface area contributed by atoms with Crippen molar-refractivity contribution in [3.63, 3.8) is 0 Å². The number of nitrogens with two attached hydrogens (primary N) is 1. The van der Waals surface area contributed by atoms with Crippen molar-refractivity contribution >= 4 is 22.5 Å². The van der Waals surface area contributed by atoms with Crippen LogP contribution in [-0.2, 0) is 18.3 Å². The molecule has 0 atom stereocenters. The van der Waals surface area contributed by atoms with Crippen LogP contribution in [0.1, 0.15) is 5.56 Å². The summed E-state index contributed by atoms with van der Waals surface area (Å²) in [5.41, 5.74) is 2.13. The maximum Gasteiger partial charge on any atom is 0.159 e. The minimum Gasteiger partial charge on any atom is -0.304 e. The van der Waals surface area contributed by atoms with Gasteiger partial charge in [-0.3, -0.25) is 4.68 Å². The first-order valence-corrected chi connectivity index (χ1v) is 5.03. The van der Waals surface area contributed by atoms with Crippen LogP contribution in [0, 0.1) is 0 Å². The third kappa shape index (κ3) is 1.84. The second kappa shape index (κ2) is 4.18. The second-order valence-electron chi connectivity index (χ2n) is 3.35. The highest BCUT2D eigenvalue weighted by Gasteiger charge is 2.10. The fourth-order valence-corrected chi connectivity index (χ4v) is 2.04. The van der Waals surface area contributed by atoms with E-state index >= 15 is 0 Å². The van der Waals surface area contributed by atoms with Crippen LogP contribution in [-0.4, -0.2) is 16.4 Å². The lowest BCUT2D eigenvalue weighted by Crippen LogP contribution is -2.03. The van der Waals surface area contributed by atoms with Crippen LogP contribution < -0.4 is 5.90 Å². The molecule has 2 N–H and O–H groups in total. The summed E-state index contributed by atoms with van der Waals surface area (Å²) < 4.78 is 1.77. The number of nitrogens with zero attached hydrogens (tertiary/aromatic N) is 2. The van der Waals surface area contributed by atoms with Gasteiger partial charge in [0.25, 0.3) is 0 Å². The molecule has 0 amide bonds. The van der Waals surface area contributed by atoms with Crippen molar-refractivity contribution in [3.8, 4) is 0 Å². The second-order valence-corrected chi connectivity index (χ2v) is 3.70. The molecule has 0 unspecified atom stereocenters. The van der Waals surface area contributed by atoms with Crippen molar-refractivity contribution in [2.24, 2.45) is 12.9 Å². The highest BCUT2D eigenvalue weighted by Crippen LogP contribution is 2.26. The lowest BCUT2D eigenvalue weighted by Gasteiger charge is -2.02. The van der Waals surface area contributed by atoms with Gasteiger partial charge in [-0.25, -0.2) is 5.90 Å². The Bertz CT molecular complexity index is 481. The van der Waals surface area contributed by atoms with Crippen LogP contribution in [0.2, 0.25) is 5.15 Å². The minimum atomic E-state index is 0.477. The van der Waals surface area contributed by atoms with E-state index in [1.165, 1.54) is 0 Å². The Morgan fingerprint density at radius 3 is 3.07 bits per heavy atom. The summed E-state index contributed by atoms with van der Waals surface area (Å²) >= 11 is 6.06. The zero-order valence-corrected chi connectivity index (χ0v) is 9.16. The predicted octanol–water partition coefficient (Wildman–Crippen LogP) is 1.66. The van der Waals surface area contributed by atoms with E-state index in [1.807, 2.05) is 25.2 Å². The standard InChI is InChI=1S/C10H12ClN3O/c1-14-8-4-2-3-7(5-6-15-12)9(8)10(11)13-14/h2-4H,5-6,12H2,1H3. The van der Waals surface area contributed by atoms with Crippen LogP contribution in [0.4, 0.5) is 0 Å². The van der Waals surface area contributed by atoms with Crippen molar-refractivity contribution in [3.05, 3.63) is 28.9 Å². The number of aryl methyl sites for hydroxylation is 1. The fourth-order valence-electron chi connectivity index (χ4n) is 1.71. The molecule has 0 spiro atoms. The predicted molar refractivity (Wildman–Crippen MR) is 59.6 cm³/mol. The number of halogens is 1. The molecule has 0 saturated carbocycles. The van der Waals surface area contributed by atoms with E-state index in [1.54, 1.807) is 4.68 Å². The largest absolute Gasteiger partial charge is 0.304 e. The van der Waals surface area contributed by atoms with Gasteiger partial charge in [0.2, 0.25) is 0 Å². The Labute approximate surface area is 92.5 Å². The van der Waals surface area contributed by atoms with E-state index in [2.05, 4.69) is 9.94 Å². The Kier molecular flexibility index (Phi) is 2.90. The van der Waals surface area contributed by atoms with Crippen molar-refractivity contribution in [1.29, 1.82) is 0 Å². The van der Waals surface area contributed by atoms with Gasteiger partial charge in [-0.1, -0.05) is 23.7 Å². The van der Waals surface area contributed by atoms with Gasteiger partial charge in [-0.15, -0.1) is 0 Å². The molecule has 0 bridgehead atoms. The van der Waals surface area contributed by atoms with E-state index in [-0.39, 0.29) is 0 Å². The number of aromatic nitrogens is 2. The Hall–Kier alpha value is -1.10. The molecule has 2 rings (SSSR count). The fraction of sp³-hybridized carbons (Fsp3) is 0.300. The summed E-state index contributed by atoms with van der Waals surface area (Å²) in [5.74, 6) is 5.01. The molecule has 1 aromatic carbocycles. The van der Waals surface area contributed by atoms with E-state index in [0.717, 1.165) is 22.9 Å². The van der Waals surface area contributed by atoms with Crippen LogP contribution >= 0.6 is 11.6 Å². The maximum absolute atomic E-state index is 6.06. The first-order chi connectivity index (χ1) is 7.24. The summed E-state index contributed by atoms with van der Waals surface area (Å²) in [5, 5.41) is 5.68. The number of fused-ring (bicyclic) bond motifs is 1. The monoisotopic (exact) mass is 225 g/mol. The zero-order valence-electron chi connectivity index (χ0n) is 8.40. The SMILES string of the molecule is Cn1nc(Cl)c2c(CCON)cccc21. The zero-order chi connectivity index (χ0) is 10.8. The first kappa shape index (κ1) is 10.4. The third-order valence-corrected chi connectivity index (χ3v) is 2.68. The maximum atomic E-state index is 6.06. The average Bonchev–Trinajstić information content (AvgIpc) is 2.53. The Balaban J connectivity index is 2.54. The highest BCUT2D eigenvalue weighted by molar-refractivity contribution is 6.34. The molecular formula is C10H12ClN3O. The smallest absolute Gasteiger partial charge is 0.159 e. The number of hydrogen-bond donors (Lipinski definition) is 1. The van der Waals surface area contributed by atoms with Crippen molar-refractivity contribution in [2.75, 3.05) is 6.61 Å². The lowest BCUT2D eigenvalue weighted by molar-refractivity contribution is 0.141. The molecule has 0 aliphatic heterocycles.